The Morgan fingerprint density at radius 2 is 2.10 bits per heavy atom. The zero-order valence-corrected chi connectivity index (χ0v) is 11.8. The normalized spacial score (nSPS) is 17.9. The third kappa shape index (κ3) is 3.49. The van der Waals surface area contributed by atoms with Crippen LogP contribution in [0.3, 0.4) is 0 Å². The van der Waals surface area contributed by atoms with Gasteiger partial charge in [0.05, 0.1) is 18.2 Å². The Morgan fingerprint density at radius 1 is 1.40 bits per heavy atom. The maximum atomic E-state index is 11.9. The third-order valence-electron chi connectivity index (χ3n) is 3.96. The van der Waals surface area contributed by atoms with E-state index in [2.05, 4.69) is 10.6 Å². The van der Waals surface area contributed by atoms with Crippen molar-refractivity contribution in [1.29, 1.82) is 0 Å². The first kappa shape index (κ1) is 14.8. The van der Waals surface area contributed by atoms with Crippen LogP contribution in [-0.2, 0) is 4.74 Å². The van der Waals surface area contributed by atoms with Crippen LogP contribution in [0.25, 0.3) is 0 Å². The molecule has 1 fully saturated rings. The highest BCUT2D eigenvalue weighted by molar-refractivity contribution is 5.74. The van der Waals surface area contributed by atoms with Crippen molar-refractivity contribution >= 4 is 6.03 Å². The van der Waals surface area contributed by atoms with Gasteiger partial charge in [0.15, 0.2) is 0 Å². The molecule has 110 valence electrons. The van der Waals surface area contributed by atoms with Gasteiger partial charge in [-0.3, -0.25) is 0 Å². The molecule has 0 spiro atoms. The number of benzene rings is 1. The standard InChI is InChI=1S/C15H22N2O3/c1-20-15(8-5-9-15)11-16-14(19)17-13(10-18)12-6-3-2-4-7-12/h2-4,6-7,13,18H,5,8-11H2,1H3,(H2,16,17,19). The molecule has 0 saturated heterocycles. The van der Waals surface area contributed by atoms with Crippen molar-refractivity contribution in [3.8, 4) is 0 Å². The van der Waals surface area contributed by atoms with Crippen LogP contribution in [0.1, 0.15) is 30.9 Å². The van der Waals surface area contributed by atoms with Crippen molar-refractivity contribution in [2.24, 2.45) is 0 Å². The summed E-state index contributed by atoms with van der Waals surface area (Å²) in [6.45, 7) is 0.370. The number of amides is 2. The lowest BCUT2D eigenvalue weighted by molar-refractivity contribution is -0.0674. The number of aliphatic hydroxyl groups is 1. The fourth-order valence-electron chi connectivity index (χ4n) is 2.39. The van der Waals surface area contributed by atoms with Crippen LogP contribution in [0.2, 0.25) is 0 Å². The SMILES string of the molecule is COC1(CNC(=O)NC(CO)c2ccccc2)CCC1. The van der Waals surface area contributed by atoms with Gasteiger partial charge in [-0.1, -0.05) is 30.3 Å². The summed E-state index contributed by atoms with van der Waals surface area (Å²) in [4.78, 5) is 11.9. The largest absolute Gasteiger partial charge is 0.394 e. The van der Waals surface area contributed by atoms with E-state index >= 15 is 0 Å². The molecule has 2 rings (SSSR count). The lowest BCUT2D eigenvalue weighted by Crippen LogP contribution is -2.51. The Balaban J connectivity index is 1.84. The van der Waals surface area contributed by atoms with E-state index in [4.69, 9.17) is 4.74 Å². The Labute approximate surface area is 119 Å². The minimum absolute atomic E-state index is 0.132. The molecule has 20 heavy (non-hydrogen) atoms. The first-order valence-electron chi connectivity index (χ1n) is 6.94. The zero-order valence-electron chi connectivity index (χ0n) is 11.8. The lowest BCUT2D eigenvalue weighted by atomic mass is 9.80. The second kappa shape index (κ2) is 6.72. The summed E-state index contributed by atoms with van der Waals surface area (Å²) in [6.07, 6.45) is 3.10. The summed E-state index contributed by atoms with van der Waals surface area (Å²) in [5, 5.41) is 15.0. The van der Waals surface area contributed by atoms with Crippen LogP contribution in [0.15, 0.2) is 30.3 Å². The van der Waals surface area contributed by atoms with Gasteiger partial charge in [-0.05, 0) is 24.8 Å². The second-order valence-electron chi connectivity index (χ2n) is 5.21. The molecule has 1 aromatic rings. The molecule has 1 unspecified atom stereocenters. The maximum Gasteiger partial charge on any atom is 0.315 e. The van der Waals surface area contributed by atoms with Crippen LogP contribution in [0.5, 0.6) is 0 Å². The average Bonchev–Trinajstić information content (AvgIpc) is 2.45. The van der Waals surface area contributed by atoms with Gasteiger partial charge in [0, 0.05) is 13.7 Å². The summed E-state index contributed by atoms with van der Waals surface area (Å²) in [7, 11) is 1.68. The topological polar surface area (TPSA) is 70.6 Å². The molecule has 1 aliphatic rings. The maximum absolute atomic E-state index is 11.9. The molecule has 1 saturated carbocycles. The van der Waals surface area contributed by atoms with Gasteiger partial charge in [-0.2, -0.15) is 0 Å². The minimum atomic E-state index is -0.393. The van der Waals surface area contributed by atoms with E-state index < -0.39 is 6.04 Å². The van der Waals surface area contributed by atoms with Crippen molar-refractivity contribution in [2.45, 2.75) is 30.9 Å². The molecule has 1 atom stereocenters. The van der Waals surface area contributed by atoms with Gasteiger partial charge >= 0.3 is 6.03 Å². The van der Waals surface area contributed by atoms with Crippen molar-refractivity contribution in [2.75, 3.05) is 20.3 Å². The number of carbonyl (C=O) groups excluding carboxylic acids is 1. The number of urea groups is 1. The molecule has 3 N–H and O–H groups in total. The average molecular weight is 278 g/mol. The van der Waals surface area contributed by atoms with E-state index in [0.29, 0.717) is 6.54 Å². The smallest absolute Gasteiger partial charge is 0.315 e. The van der Waals surface area contributed by atoms with E-state index in [1.807, 2.05) is 30.3 Å². The highest BCUT2D eigenvalue weighted by atomic mass is 16.5. The number of nitrogens with one attached hydrogen (secondary N) is 2. The molecule has 1 aliphatic carbocycles. The third-order valence-corrected chi connectivity index (χ3v) is 3.96. The van der Waals surface area contributed by atoms with E-state index in [9.17, 15) is 9.90 Å². The van der Waals surface area contributed by atoms with E-state index in [1.165, 1.54) is 0 Å². The molecular weight excluding hydrogens is 256 g/mol. The Hall–Kier alpha value is -1.59. The Morgan fingerprint density at radius 3 is 2.60 bits per heavy atom. The number of ether oxygens (including phenoxy) is 1. The predicted octanol–water partition coefficient (Wildman–Crippen LogP) is 1.59. The summed E-state index contributed by atoms with van der Waals surface area (Å²) in [6, 6.07) is 8.75. The fourth-order valence-corrected chi connectivity index (χ4v) is 2.39. The van der Waals surface area contributed by atoms with Gasteiger partial charge in [-0.25, -0.2) is 4.79 Å². The molecule has 0 radical (unpaired) electrons. The number of rotatable bonds is 6. The fraction of sp³-hybridized carbons (Fsp3) is 0.533. The second-order valence-corrected chi connectivity index (χ2v) is 5.21. The van der Waals surface area contributed by atoms with Crippen molar-refractivity contribution < 1.29 is 14.6 Å². The van der Waals surface area contributed by atoms with E-state index in [-0.39, 0.29) is 18.2 Å². The summed E-state index contributed by atoms with van der Waals surface area (Å²) < 4.78 is 5.45. The van der Waals surface area contributed by atoms with Gasteiger partial charge in [0.25, 0.3) is 0 Å². The van der Waals surface area contributed by atoms with Gasteiger partial charge in [0.2, 0.25) is 0 Å². The number of carbonyl (C=O) groups is 1. The van der Waals surface area contributed by atoms with Crippen molar-refractivity contribution in [1.82, 2.24) is 10.6 Å². The molecule has 0 aliphatic heterocycles. The Bertz CT molecular complexity index is 426. The van der Waals surface area contributed by atoms with Crippen LogP contribution in [0, 0.1) is 0 Å². The molecule has 0 aromatic heterocycles. The first-order chi connectivity index (χ1) is 9.69. The summed E-state index contributed by atoms with van der Waals surface area (Å²) >= 11 is 0. The molecule has 2 amide bonds. The molecular formula is C15H22N2O3. The van der Waals surface area contributed by atoms with Crippen LogP contribution >= 0.6 is 0 Å². The predicted molar refractivity (Wildman–Crippen MR) is 76.4 cm³/mol. The minimum Gasteiger partial charge on any atom is -0.394 e. The van der Waals surface area contributed by atoms with E-state index in [1.54, 1.807) is 7.11 Å². The quantitative estimate of drug-likeness (QED) is 0.740. The highest BCUT2D eigenvalue weighted by Crippen LogP contribution is 2.34. The Kier molecular flexibility index (Phi) is 4.98. The molecule has 1 aromatic carbocycles. The number of hydrogen-bond acceptors (Lipinski definition) is 3. The van der Waals surface area contributed by atoms with Gasteiger partial charge in [0.1, 0.15) is 0 Å². The zero-order chi connectivity index (χ0) is 14.4. The van der Waals surface area contributed by atoms with Crippen LogP contribution < -0.4 is 10.6 Å². The molecule has 5 nitrogen and oxygen atoms in total. The summed E-state index contributed by atoms with van der Waals surface area (Å²) in [5.74, 6) is 0. The number of methoxy groups -OCH3 is 1. The highest BCUT2D eigenvalue weighted by Gasteiger charge is 2.37. The first-order valence-corrected chi connectivity index (χ1v) is 6.94. The van der Waals surface area contributed by atoms with Crippen LogP contribution in [-0.4, -0.2) is 37.0 Å². The van der Waals surface area contributed by atoms with Crippen LogP contribution in [0.4, 0.5) is 4.79 Å². The monoisotopic (exact) mass is 278 g/mol. The van der Waals surface area contributed by atoms with Gasteiger partial charge < -0.3 is 20.5 Å². The number of hydrogen-bond donors (Lipinski definition) is 3. The molecule has 0 heterocycles. The summed E-state index contributed by atoms with van der Waals surface area (Å²) in [5.41, 5.74) is 0.689. The van der Waals surface area contributed by atoms with Crippen molar-refractivity contribution in [3.63, 3.8) is 0 Å². The van der Waals surface area contributed by atoms with Gasteiger partial charge in [-0.15, -0.1) is 0 Å². The van der Waals surface area contributed by atoms with Crippen molar-refractivity contribution in [3.05, 3.63) is 35.9 Å². The molecule has 0 bridgehead atoms. The lowest BCUT2D eigenvalue weighted by Gasteiger charge is -2.40. The number of aliphatic hydroxyl groups excluding tert-OH is 1. The molecule has 5 heteroatoms. The van der Waals surface area contributed by atoms with E-state index in [0.717, 1.165) is 24.8 Å².